The lowest BCUT2D eigenvalue weighted by Gasteiger charge is -2.18. The monoisotopic (exact) mass is 404 g/mol. The van der Waals surface area contributed by atoms with Crippen LogP contribution in [0.25, 0.3) is 6.08 Å². The van der Waals surface area contributed by atoms with Crippen LogP contribution >= 0.6 is 0 Å². The summed E-state index contributed by atoms with van der Waals surface area (Å²) in [6, 6.07) is 9.75. The van der Waals surface area contributed by atoms with Crippen molar-refractivity contribution in [3.63, 3.8) is 0 Å². The molecule has 0 unspecified atom stereocenters. The van der Waals surface area contributed by atoms with E-state index in [9.17, 15) is 15.0 Å². The number of aliphatic hydroxyl groups is 3. The normalized spacial score (nSPS) is 13.0. The van der Waals surface area contributed by atoms with Gasteiger partial charge >= 0.3 is 5.97 Å². The van der Waals surface area contributed by atoms with Crippen LogP contribution in [-0.2, 0) is 9.53 Å². The fourth-order valence-electron chi connectivity index (χ4n) is 2.50. The molecule has 0 fully saturated rings. The van der Waals surface area contributed by atoms with E-state index in [4.69, 9.17) is 19.3 Å². The molecule has 3 N–H and O–H groups in total. The van der Waals surface area contributed by atoms with E-state index >= 15 is 0 Å². The number of hydrogen-bond donors (Lipinski definition) is 3. The molecule has 8 nitrogen and oxygen atoms in total. The standard InChI is InChI=1S/C21H24O8/c1-26-18-10-13(5-9-20(24)28-3)4-7-16(18)29-17-8-6-14(11-19(17)27-2)21(25)15(23)12-22/h4-11,15,21-23,25H,12H2,1-3H3/t15-,21+/m0/s1. The maximum absolute atomic E-state index is 11.2. The van der Waals surface area contributed by atoms with Crippen molar-refractivity contribution in [2.75, 3.05) is 27.9 Å². The fraction of sp³-hybridized carbons (Fsp3) is 0.286. The quantitative estimate of drug-likeness (QED) is 0.430. The molecule has 2 rings (SSSR count). The molecule has 0 saturated heterocycles. The molecule has 0 bridgehead atoms. The van der Waals surface area contributed by atoms with Crippen molar-refractivity contribution in [1.29, 1.82) is 0 Å². The molecule has 0 aliphatic carbocycles. The highest BCUT2D eigenvalue weighted by atomic mass is 16.5. The minimum atomic E-state index is -1.31. The van der Waals surface area contributed by atoms with Gasteiger partial charge in [0, 0.05) is 6.08 Å². The SMILES string of the molecule is COC(=O)C=Cc1ccc(Oc2ccc([C@@H](O)[C@@H](O)CO)cc2OC)c(OC)c1. The maximum atomic E-state index is 11.2. The minimum absolute atomic E-state index is 0.323. The summed E-state index contributed by atoms with van der Waals surface area (Å²) < 4.78 is 21.1. The first-order valence-corrected chi connectivity index (χ1v) is 8.70. The average molecular weight is 404 g/mol. The molecule has 29 heavy (non-hydrogen) atoms. The molecular weight excluding hydrogens is 380 g/mol. The molecule has 2 atom stereocenters. The Morgan fingerprint density at radius 2 is 1.59 bits per heavy atom. The van der Waals surface area contributed by atoms with E-state index < -0.39 is 24.8 Å². The first-order chi connectivity index (χ1) is 13.9. The van der Waals surface area contributed by atoms with Crippen LogP contribution in [-0.4, -0.2) is 55.3 Å². The summed E-state index contributed by atoms with van der Waals surface area (Å²) in [6.07, 6.45) is 0.306. The van der Waals surface area contributed by atoms with Crippen LogP contribution in [0.5, 0.6) is 23.0 Å². The highest BCUT2D eigenvalue weighted by Gasteiger charge is 2.20. The van der Waals surface area contributed by atoms with Gasteiger partial charge in [0.2, 0.25) is 0 Å². The zero-order chi connectivity index (χ0) is 21.4. The summed E-state index contributed by atoms with van der Waals surface area (Å²) in [5, 5.41) is 28.7. The van der Waals surface area contributed by atoms with Crippen LogP contribution in [0, 0.1) is 0 Å². The van der Waals surface area contributed by atoms with Gasteiger partial charge in [0.05, 0.1) is 27.9 Å². The third-order valence-electron chi connectivity index (χ3n) is 4.10. The largest absolute Gasteiger partial charge is 0.493 e. The van der Waals surface area contributed by atoms with Gasteiger partial charge < -0.3 is 34.3 Å². The number of hydrogen-bond acceptors (Lipinski definition) is 8. The first-order valence-electron chi connectivity index (χ1n) is 8.70. The van der Waals surface area contributed by atoms with Crippen molar-refractivity contribution in [2.45, 2.75) is 12.2 Å². The fourth-order valence-corrected chi connectivity index (χ4v) is 2.50. The third kappa shape index (κ3) is 5.71. The zero-order valence-corrected chi connectivity index (χ0v) is 16.4. The molecular formula is C21H24O8. The number of carbonyl (C=O) groups excluding carboxylic acids is 1. The summed E-state index contributed by atoms with van der Waals surface area (Å²) >= 11 is 0. The third-order valence-corrected chi connectivity index (χ3v) is 4.10. The van der Waals surface area contributed by atoms with Gasteiger partial charge in [-0.15, -0.1) is 0 Å². The Balaban J connectivity index is 2.28. The number of esters is 1. The molecule has 0 radical (unpaired) electrons. The highest BCUT2D eigenvalue weighted by molar-refractivity contribution is 5.87. The number of aliphatic hydroxyl groups excluding tert-OH is 3. The van der Waals surface area contributed by atoms with Crippen LogP contribution in [0.4, 0.5) is 0 Å². The van der Waals surface area contributed by atoms with Crippen LogP contribution < -0.4 is 14.2 Å². The van der Waals surface area contributed by atoms with E-state index in [0.717, 1.165) is 0 Å². The van der Waals surface area contributed by atoms with Crippen LogP contribution in [0.1, 0.15) is 17.2 Å². The Hall–Kier alpha value is -3.07. The Bertz CT molecular complexity index is 862. The Labute approximate surface area is 168 Å². The molecule has 0 aromatic heterocycles. The molecule has 0 aliphatic rings. The van der Waals surface area contributed by atoms with Gasteiger partial charge in [-0.05, 0) is 41.5 Å². The average Bonchev–Trinajstić information content (AvgIpc) is 2.76. The van der Waals surface area contributed by atoms with Gasteiger partial charge in [-0.1, -0.05) is 12.1 Å². The number of benzene rings is 2. The lowest BCUT2D eigenvalue weighted by Crippen LogP contribution is -2.22. The van der Waals surface area contributed by atoms with Gasteiger partial charge in [-0.2, -0.15) is 0 Å². The molecule has 8 heteroatoms. The Morgan fingerprint density at radius 1 is 0.966 bits per heavy atom. The Kier molecular flexibility index (Phi) is 8.02. The van der Waals surface area contributed by atoms with Crippen molar-refractivity contribution in [2.24, 2.45) is 0 Å². The second-order valence-electron chi connectivity index (χ2n) is 5.97. The van der Waals surface area contributed by atoms with Gasteiger partial charge in [0.25, 0.3) is 0 Å². The topological polar surface area (TPSA) is 115 Å². The van der Waals surface area contributed by atoms with E-state index in [0.29, 0.717) is 34.1 Å². The number of ether oxygens (including phenoxy) is 4. The number of methoxy groups -OCH3 is 3. The zero-order valence-electron chi connectivity index (χ0n) is 16.4. The van der Waals surface area contributed by atoms with Gasteiger partial charge in [0.15, 0.2) is 23.0 Å². The molecule has 156 valence electrons. The summed E-state index contributed by atoms with van der Waals surface area (Å²) in [4.78, 5) is 11.2. The minimum Gasteiger partial charge on any atom is -0.493 e. The van der Waals surface area contributed by atoms with E-state index in [1.807, 2.05) is 0 Å². The van der Waals surface area contributed by atoms with Crippen molar-refractivity contribution < 1.29 is 39.1 Å². The highest BCUT2D eigenvalue weighted by Crippen LogP contribution is 2.38. The lowest BCUT2D eigenvalue weighted by atomic mass is 10.0. The van der Waals surface area contributed by atoms with Crippen molar-refractivity contribution >= 4 is 12.0 Å². The summed E-state index contributed by atoms with van der Waals surface area (Å²) in [7, 11) is 4.23. The van der Waals surface area contributed by atoms with Crippen LogP contribution in [0.3, 0.4) is 0 Å². The van der Waals surface area contributed by atoms with Crippen molar-refractivity contribution in [3.8, 4) is 23.0 Å². The van der Waals surface area contributed by atoms with Crippen LogP contribution in [0.2, 0.25) is 0 Å². The van der Waals surface area contributed by atoms with E-state index in [2.05, 4.69) is 4.74 Å². The molecule has 0 heterocycles. The van der Waals surface area contributed by atoms with Crippen molar-refractivity contribution in [1.82, 2.24) is 0 Å². The molecule has 0 aliphatic heterocycles. The lowest BCUT2D eigenvalue weighted by molar-refractivity contribution is -0.134. The predicted octanol–water partition coefficient (Wildman–Crippen LogP) is 2.07. The first kappa shape index (κ1) is 22.2. The second-order valence-corrected chi connectivity index (χ2v) is 5.97. The van der Waals surface area contributed by atoms with E-state index in [1.165, 1.54) is 33.5 Å². The molecule has 0 saturated carbocycles. The van der Waals surface area contributed by atoms with Gasteiger partial charge in [0.1, 0.15) is 12.2 Å². The van der Waals surface area contributed by atoms with E-state index in [1.54, 1.807) is 36.4 Å². The van der Waals surface area contributed by atoms with E-state index in [-0.39, 0.29) is 0 Å². The maximum Gasteiger partial charge on any atom is 0.330 e. The Morgan fingerprint density at radius 3 is 2.17 bits per heavy atom. The number of rotatable bonds is 9. The number of carbonyl (C=O) groups is 1. The second kappa shape index (κ2) is 10.5. The molecule has 2 aromatic carbocycles. The molecule has 2 aromatic rings. The smallest absolute Gasteiger partial charge is 0.330 e. The molecule has 0 amide bonds. The van der Waals surface area contributed by atoms with Gasteiger partial charge in [-0.3, -0.25) is 0 Å². The molecule has 0 spiro atoms. The predicted molar refractivity (Wildman–Crippen MR) is 105 cm³/mol. The summed E-state index contributed by atoms with van der Waals surface area (Å²) in [5.74, 6) is 1.05. The summed E-state index contributed by atoms with van der Waals surface area (Å²) in [6.45, 7) is -0.574. The summed E-state index contributed by atoms with van der Waals surface area (Å²) in [5.41, 5.74) is 1.08. The van der Waals surface area contributed by atoms with Gasteiger partial charge in [-0.25, -0.2) is 4.79 Å². The van der Waals surface area contributed by atoms with Crippen molar-refractivity contribution in [3.05, 3.63) is 53.6 Å². The van der Waals surface area contributed by atoms with Crippen LogP contribution in [0.15, 0.2) is 42.5 Å².